The van der Waals surface area contributed by atoms with Gasteiger partial charge in [0.2, 0.25) is 0 Å². The maximum absolute atomic E-state index is 12.2. The highest BCUT2D eigenvalue weighted by Gasteiger charge is 2.16. The maximum atomic E-state index is 12.2. The van der Waals surface area contributed by atoms with Gasteiger partial charge in [0.1, 0.15) is 5.76 Å². The molecule has 1 aromatic carbocycles. The summed E-state index contributed by atoms with van der Waals surface area (Å²) in [7, 11) is 1.75. The molecule has 0 saturated carbocycles. The lowest BCUT2D eigenvalue weighted by molar-refractivity contribution is 0.0784. The summed E-state index contributed by atoms with van der Waals surface area (Å²) in [6, 6.07) is 6.85. The summed E-state index contributed by atoms with van der Waals surface area (Å²) in [5.41, 5.74) is 2.37. The van der Waals surface area contributed by atoms with E-state index in [9.17, 15) is 4.79 Å². The molecule has 0 aliphatic carbocycles. The quantitative estimate of drug-likeness (QED) is 0.866. The van der Waals surface area contributed by atoms with Gasteiger partial charge in [-0.1, -0.05) is 16.8 Å². The molecule has 4 nitrogen and oxygen atoms in total. The van der Waals surface area contributed by atoms with Crippen molar-refractivity contribution in [3.8, 4) is 0 Å². The molecule has 0 saturated heterocycles. The van der Waals surface area contributed by atoms with Crippen LogP contribution in [0.1, 0.15) is 27.4 Å². The number of benzene rings is 1. The molecule has 1 amide bonds. The van der Waals surface area contributed by atoms with E-state index in [0.717, 1.165) is 17.0 Å². The van der Waals surface area contributed by atoms with E-state index in [-0.39, 0.29) is 5.91 Å². The molecule has 5 heteroatoms. The standard InChI is InChI=1S/C14H15ClN2O2/c1-9-13(10(2)19-16-9)8-17(3)14(18)11-4-6-12(15)7-5-11/h4-7H,8H2,1-3H3. The van der Waals surface area contributed by atoms with Crippen molar-refractivity contribution in [2.45, 2.75) is 20.4 Å². The first-order valence-electron chi connectivity index (χ1n) is 5.92. The van der Waals surface area contributed by atoms with E-state index in [2.05, 4.69) is 5.16 Å². The fourth-order valence-corrected chi connectivity index (χ4v) is 1.98. The molecular weight excluding hydrogens is 264 g/mol. The molecule has 0 bridgehead atoms. The number of hydrogen-bond acceptors (Lipinski definition) is 3. The SMILES string of the molecule is Cc1noc(C)c1CN(C)C(=O)c1ccc(Cl)cc1. The van der Waals surface area contributed by atoms with Gasteiger partial charge < -0.3 is 9.42 Å². The lowest BCUT2D eigenvalue weighted by Crippen LogP contribution is -2.26. The number of nitrogens with zero attached hydrogens (tertiary/aromatic N) is 2. The monoisotopic (exact) mass is 278 g/mol. The Morgan fingerprint density at radius 1 is 1.32 bits per heavy atom. The van der Waals surface area contributed by atoms with E-state index in [1.165, 1.54) is 0 Å². The summed E-state index contributed by atoms with van der Waals surface area (Å²) in [4.78, 5) is 13.9. The Morgan fingerprint density at radius 3 is 2.47 bits per heavy atom. The smallest absolute Gasteiger partial charge is 0.253 e. The van der Waals surface area contributed by atoms with E-state index in [4.69, 9.17) is 16.1 Å². The molecule has 2 rings (SSSR count). The van der Waals surface area contributed by atoms with Crippen LogP contribution < -0.4 is 0 Å². The maximum Gasteiger partial charge on any atom is 0.253 e. The van der Waals surface area contributed by atoms with E-state index >= 15 is 0 Å². The first kappa shape index (κ1) is 13.6. The number of aromatic nitrogens is 1. The summed E-state index contributed by atoms with van der Waals surface area (Å²) in [6.45, 7) is 4.19. The van der Waals surface area contributed by atoms with Gasteiger partial charge in [0.15, 0.2) is 0 Å². The van der Waals surface area contributed by atoms with Gasteiger partial charge in [-0.05, 0) is 38.1 Å². The summed E-state index contributed by atoms with van der Waals surface area (Å²) >= 11 is 5.81. The minimum absolute atomic E-state index is 0.0586. The zero-order valence-corrected chi connectivity index (χ0v) is 11.9. The van der Waals surface area contributed by atoms with Crippen LogP contribution in [0, 0.1) is 13.8 Å². The van der Waals surface area contributed by atoms with Crippen LogP contribution in [-0.2, 0) is 6.54 Å². The molecule has 0 N–H and O–H groups in total. The number of carbonyl (C=O) groups excluding carboxylic acids is 1. The molecule has 0 atom stereocenters. The van der Waals surface area contributed by atoms with Crippen molar-refractivity contribution in [1.29, 1.82) is 0 Å². The third-order valence-electron chi connectivity index (χ3n) is 3.01. The molecule has 1 aromatic heterocycles. The third-order valence-corrected chi connectivity index (χ3v) is 3.27. The second-order valence-electron chi connectivity index (χ2n) is 4.47. The van der Waals surface area contributed by atoms with Gasteiger partial charge in [-0.2, -0.15) is 0 Å². The lowest BCUT2D eigenvalue weighted by Gasteiger charge is -2.17. The van der Waals surface area contributed by atoms with E-state index in [1.54, 1.807) is 36.2 Å². The number of halogens is 1. The second kappa shape index (κ2) is 5.45. The van der Waals surface area contributed by atoms with Gasteiger partial charge in [0.05, 0.1) is 12.2 Å². The van der Waals surface area contributed by atoms with E-state index in [0.29, 0.717) is 17.1 Å². The number of amides is 1. The highest BCUT2D eigenvalue weighted by molar-refractivity contribution is 6.30. The van der Waals surface area contributed by atoms with Crippen LogP contribution in [0.2, 0.25) is 5.02 Å². The number of hydrogen-bond donors (Lipinski definition) is 0. The lowest BCUT2D eigenvalue weighted by atomic mass is 10.1. The summed E-state index contributed by atoms with van der Waals surface area (Å²) < 4.78 is 5.09. The van der Waals surface area contributed by atoms with Crippen molar-refractivity contribution in [3.63, 3.8) is 0 Å². The molecule has 0 fully saturated rings. The van der Waals surface area contributed by atoms with Gasteiger partial charge in [0.25, 0.3) is 5.91 Å². The Kier molecular flexibility index (Phi) is 3.90. The Labute approximate surface area is 117 Å². The number of rotatable bonds is 3. The third kappa shape index (κ3) is 2.96. The zero-order chi connectivity index (χ0) is 14.0. The Hall–Kier alpha value is -1.81. The van der Waals surface area contributed by atoms with Gasteiger partial charge in [-0.25, -0.2) is 0 Å². The van der Waals surface area contributed by atoms with E-state index in [1.807, 2.05) is 13.8 Å². The fraction of sp³-hybridized carbons (Fsp3) is 0.286. The van der Waals surface area contributed by atoms with Gasteiger partial charge >= 0.3 is 0 Å². The predicted octanol–water partition coefficient (Wildman–Crippen LogP) is 3.22. The first-order valence-corrected chi connectivity index (χ1v) is 6.29. The molecule has 1 heterocycles. The van der Waals surface area contributed by atoms with Crippen molar-refractivity contribution in [3.05, 3.63) is 51.9 Å². The summed E-state index contributed by atoms with van der Waals surface area (Å²) in [5, 5.41) is 4.50. The average molecular weight is 279 g/mol. The Morgan fingerprint density at radius 2 is 1.95 bits per heavy atom. The molecule has 0 aliphatic rings. The van der Waals surface area contributed by atoms with Crippen LogP contribution in [0.15, 0.2) is 28.8 Å². The van der Waals surface area contributed by atoms with Gasteiger partial charge in [-0.3, -0.25) is 4.79 Å². The molecule has 0 spiro atoms. The molecular formula is C14H15ClN2O2. The molecule has 19 heavy (non-hydrogen) atoms. The molecule has 0 aliphatic heterocycles. The minimum atomic E-state index is -0.0586. The van der Waals surface area contributed by atoms with Crippen molar-refractivity contribution < 1.29 is 9.32 Å². The Balaban J connectivity index is 2.14. The van der Waals surface area contributed by atoms with Crippen LogP contribution in [0.25, 0.3) is 0 Å². The molecule has 100 valence electrons. The van der Waals surface area contributed by atoms with Crippen molar-refractivity contribution >= 4 is 17.5 Å². The van der Waals surface area contributed by atoms with Crippen LogP contribution >= 0.6 is 11.6 Å². The topological polar surface area (TPSA) is 46.3 Å². The average Bonchev–Trinajstić information content (AvgIpc) is 2.70. The van der Waals surface area contributed by atoms with Gasteiger partial charge in [0, 0.05) is 23.2 Å². The second-order valence-corrected chi connectivity index (χ2v) is 4.91. The summed E-state index contributed by atoms with van der Waals surface area (Å²) in [6.07, 6.45) is 0. The van der Waals surface area contributed by atoms with Crippen molar-refractivity contribution in [1.82, 2.24) is 10.1 Å². The predicted molar refractivity (Wildman–Crippen MR) is 73.2 cm³/mol. The Bertz CT molecular complexity index is 570. The number of aryl methyl sites for hydroxylation is 2. The first-order chi connectivity index (χ1) is 8.99. The van der Waals surface area contributed by atoms with Crippen LogP contribution in [0.5, 0.6) is 0 Å². The zero-order valence-electron chi connectivity index (χ0n) is 11.1. The van der Waals surface area contributed by atoms with Crippen molar-refractivity contribution in [2.24, 2.45) is 0 Å². The normalized spacial score (nSPS) is 10.5. The molecule has 0 unspecified atom stereocenters. The molecule has 2 aromatic rings. The van der Waals surface area contributed by atoms with Crippen LogP contribution in [0.3, 0.4) is 0 Å². The van der Waals surface area contributed by atoms with Crippen LogP contribution in [0.4, 0.5) is 0 Å². The highest BCUT2D eigenvalue weighted by Crippen LogP contribution is 2.16. The molecule has 0 radical (unpaired) electrons. The van der Waals surface area contributed by atoms with Crippen molar-refractivity contribution in [2.75, 3.05) is 7.05 Å². The largest absolute Gasteiger partial charge is 0.361 e. The van der Waals surface area contributed by atoms with Gasteiger partial charge in [-0.15, -0.1) is 0 Å². The van der Waals surface area contributed by atoms with E-state index < -0.39 is 0 Å². The van der Waals surface area contributed by atoms with Crippen LogP contribution in [-0.4, -0.2) is 23.0 Å². The highest BCUT2D eigenvalue weighted by atomic mass is 35.5. The fourth-order valence-electron chi connectivity index (χ4n) is 1.85. The number of carbonyl (C=O) groups is 1. The summed E-state index contributed by atoms with van der Waals surface area (Å²) in [5.74, 6) is 0.685. The minimum Gasteiger partial charge on any atom is -0.361 e.